The molecule has 0 unspecified atom stereocenters. The van der Waals surface area contributed by atoms with E-state index in [9.17, 15) is 0 Å². The highest BCUT2D eigenvalue weighted by Crippen LogP contribution is 2.27. The minimum absolute atomic E-state index is 0.0185. The van der Waals surface area contributed by atoms with Crippen molar-refractivity contribution in [3.8, 4) is 5.75 Å². The van der Waals surface area contributed by atoms with Crippen LogP contribution in [-0.2, 0) is 0 Å². The average molecular weight is 220 g/mol. The Balaban J connectivity index is 2.70. The fraction of sp³-hybridized carbons (Fsp3) is 0.333. The van der Waals surface area contributed by atoms with Crippen LogP contribution in [0, 0.1) is 0 Å². The van der Waals surface area contributed by atoms with Crippen LogP contribution in [0.1, 0.15) is 6.92 Å². The van der Waals surface area contributed by atoms with E-state index < -0.39 is 0 Å². The van der Waals surface area contributed by atoms with Crippen molar-refractivity contribution >= 4 is 23.2 Å². The summed E-state index contributed by atoms with van der Waals surface area (Å²) in [4.78, 5) is 0. The van der Waals surface area contributed by atoms with Gasteiger partial charge in [0.2, 0.25) is 0 Å². The van der Waals surface area contributed by atoms with Crippen molar-refractivity contribution in [3.63, 3.8) is 0 Å². The smallest absolute Gasteiger partial charge is 0.139 e. The van der Waals surface area contributed by atoms with Crippen molar-refractivity contribution in [3.05, 3.63) is 28.2 Å². The van der Waals surface area contributed by atoms with Crippen LogP contribution in [0.5, 0.6) is 5.75 Å². The Bertz CT molecular complexity index is 289. The lowest BCUT2D eigenvalue weighted by atomic mass is 10.3. The molecule has 0 aliphatic rings. The van der Waals surface area contributed by atoms with Gasteiger partial charge in [0.1, 0.15) is 12.4 Å². The first-order chi connectivity index (χ1) is 6.09. The highest BCUT2D eigenvalue weighted by atomic mass is 35.5. The van der Waals surface area contributed by atoms with Crippen LogP contribution in [0.25, 0.3) is 0 Å². The Morgan fingerprint density at radius 1 is 1.46 bits per heavy atom. The van der Waals surface area contributed by atoms with Gasteiger partial charge in [0, 0.05) is 17.1 Å². The zero-order valence-electron chi connectivity index (χ0n) is 7.26. The maximum absolute atomic E-state index is 5.86. The second-order valence-electron chi connectivity index (χ2n) is 2.86. The van der Waals surface area contributed by atoms with Crippen molar-refractivity contribution in [2.75, 3.05) is 6.61 Å². The van der Waals surface area contributed by atoms with Crippen molar-refractivity contribution in [2.24, 2.45) is 5.73 Å². The van der Waals surface area contributed by atoms with E-state index in [1.807, 2.05) is 6.92 Å². The predicted molar refractivity (Wildman–Crippen MR) is 55.6 cm³/mol. The van der Waals surface area contributed by atoms with Crippen molar-refractivity contribution in [1.29, 1.82) is 0 Å². The van der Waals surface area contributed by atoms with Crippen molar-refractivity contribution in [2.45, 2.75) is 13.0 Å². The summed E-state index contributed by atoms with van der Waals surface area (Å²) in [7, 11) is 0. The summed E-state index contributed by atoms with van der Waals surface area (Å²) >= 11 is 11.6. The second kappa shape index (κ2) is 4.70. The summed E-state index contributed by atoms with van der Waals surface area (Å²) in [6.45, 7) is 2.29. The lowest BCUT2D eigenvalue weighted by molar-refractivity contribution is 0.296. The molecule has 0 aliphatic heterocycles. The van der Waals surface area contributed by atoms with Gasteiger partial charge in [-0.2, -0.15) is 0 Å². The van der Waals surface area contributed by atoms with E-state index in [4.69, 9.17) is 33.7 Å². The topological polar surface area (TPSA) is 35.2 Å². The van der Waals surface area contributed by atoms with E-state index in [2.05, 4.69) is 0 Å². The van der Waals surface area contributed by atoms with E-state index in [1.165, 1.54) is 0 Å². The molecule has 0 bridgehead atoms. The predicted octanol–water partition coefficient (Wildman–Crippen LogP) is 2.72. The SMILES string of the molecule is C[C@H](N)COc1cc(Cl)ccc1Cl. The fourth-order valence-electron chi connectivity index (χ4n) is 0.809. The summed E-state index contributed by atoms with van der Waals surface area (Å²) in [5, 5.41) is 1.15. The van der Waals surface area contributed by atoms with Gasteiger partial charge in [0.25, 0.3) is 0 Å². The third-order valence-electron chi connectivity index (χ3n) is 1.39. The minimum Gasteiger partial charge on any atom is -0.490 e. The third-order valence-corrected chi connectivity index (χ3v) is 1.94. The number of benzene rings is 1. The summed E-state index contributed by atoms with van der Waals surface area (Å²) in [6, 6.07) is 5.06. The van der Waals surface area contributed by atoms with Gasteiger partial charge >= 0.3 is 0 Å². The molecule has 0 amide bonds. The molecule has 1 atom stereocenters. The molecule has 0 radical (unpaired) electrons. The zero-order valence-corrected chi connectivity index (χ0v) is 8.77. The standard InChI is InChI=1S/C9H11Cl2NO/c1-6(12)5-13-9-4-7(10)2-3-8(9)11/h2-4,6H,5,12H2,1H3/t6-/m0/s1. The molecule has 72 valence electrons. The largest absolute Gasteiger partial charge is 0.490 e. The van der Waals surface area contributed by atoms with E-state index >= 15 is 0 Å². The number of rotatable bonds is 3. The fourth-order valence-corrected chi connectivity index (χ4v) is 1.14. The molecule has 0 saturated heterocycles. The number of hydrogen-bond donors (Lipinski definition) is 1. The molecular formula is C9H11Cl2NO. The summed E-state index contributed by atoms with van der Waals surface area (Å²) in [5.74, 6) is 0.575. The third kappa shape index (κ3) is 3.43. The Labute approximate surface area is 87.6 Å². The number of nitrogens with two attached hydrogens (primary N) is 1. The quantitative estimate of drug-likeness (QED) is 0.849. The van der Waals surface area contributed by atoms with Gasteiger partial charge in [0.15, 0.2) is 0 Å². The molecular weight excluding hydrogens is 209 g/mol. The van der Waals surface area contributed by atoms with Gasteiger partial charge in [-0.15, -0.1) is 0 Å². The van der Waals surface area contributed by atoms with Crippen LogP contribution in [0.3, 0.4) is 0 Å². The lowest BCUT2D eigenvalue weighted by Crippen LogP contribution is -2.23. The van der Waals surface area contributed by atoms with E-state index in [0.29, 0.717) is 22.4 Å². The Hall–Kier alpha value is -0.440. The normalized spacial score (nSPS) is 12.6. The van der Waals surface area contributed by atoms with Crippen LogP contribution in [0.4, 0.5) is 0 Å². The summed E-state index contributed by atoms with van der Waals surface area (Å²) < 4.78 is 5.34. The van der Waals surface area contributed by atoms with E-state index in [1.54, 1.807) is 18.2 Å². The average Bonchev–Trinajstić information content (AvgIpc) is 2.06. The number of ether oxygens (including phenoxy) is 1. The van der Waals surface area contributed by atoms with Gasteiger partial charge < -0.3 is 10.5 Å². The monoisotopic (exact) mass is 219 g/mol. The van der Waals surface area contributed by atoms with Gasteiger partial charge in [-0.1, -0.05) is 23.2 Å². The van der Waals surface area contributed by atoms with Crippen molar-refractivity contribution < 1.29 is 4.74 Å². The maximum Gasteiger partial charge on any atom is 0.139 e. The van der Waals surface area contributed by atoms with Gasteiger partial charge in [0.05, 0.1) is 5.02 Å². The van der Waals surface area contributed by atoms with Crippen LogP contribution < -0.4 is 10.5 Å². The molecule has 1 aromatic carbocycles. The Morgan fingerprint density at radius 3 is 2.77 bits per heavy atom. The van der Waals surface area contributed by atoms with E-state index in [-0.39, 0.29) is 6.04 Å². The maximum atomic E-state index is 5.86. The summed E-state index contributed by atoms with van der Waals surface area (Å²) in [6.07, 6.45) is 0. The van der Waals surface area contributed by atoms with Crippen LogP contribution in [0.15, 0.2) is 18.2 Å². The van der Waals surface area contributed by atoms with Crippen molar-refractivity contribution in [1.82, 2.24) is 0 Å². The first-order valence-corrected chi connectivity index (χ1v) is 4.68. The van der Waals surface area contributed by atoms with Gasteiger partial charge in [-0.05, 0) is 19.1 Å². The zero-order chi connectivity index (χ0) is 9.84. The molecule has 2 N–H and O–H groups in total. The molecule has 0 aliphatic carbocycles. The Kier molecular flexibility index (Phi) is 3.85. The molecule has 1 rings (SSSR count). The highest BCUT2D eigenvalue weighted by molar-refractivity contribution is 6.34. The molecule has 0 saturated carbocycles. The summed E-state index contributed by atoms with van der Waals surface area (Å²) in [5.41, 5.74) is 5.53. The van der Waals surface area contributed by atoms with Crippen LogP contribution in [-0.4, -0.2) is 12.6 Å². The molecule has 4 heteroatoms. The first kappa shape index (κ1) is 10.6. The first-order valence-electron chi connectivity index (χ1n) is 3.93. The van der Waals surface area contributed by atoms with Gasteiger partial charge in [-0.25, -0.2) is 0 Å². The molecule has 0 spiro atoms. The minimum atomic E-state index is -0.0185. The lowest BCUT2D eigenvalue weighted by Gasteiger charge is -2.10. The molecule has 0 aromatic heterocycles. The second-order valence-corrected chi connectivity index (χ2v) is 3.71. The molecule has 13 heavy (non-hydrogen) atoms. The van der Waals surface area contributed by atoms with Gasteiger partial charge in [-0.3, -0.25) is 0 Å². The molecule has 0 heterocycles. The molecule has 2 nitrogen and oxygen atoms in total. The van der Waals surface area contributed by atoms with Crippen LogP contribution in [0.2, 0.25) is 10.0 Å². The molecule has 0 fully saturated rings. The highest BCUT2D eigenvalue weighted by Gasteiger charge is 2.03. The molecule has 1 aromatic rings. The van der Waals surface area contributed by atoms with E-state index in [0.717, 1.165) is 0 Å². The van der Waals surface area contributed by atoms with Crippen LogP contribution >= 0.6 is 23.2 Å². The number of halogens is 2. The Morgan fingerprint density at radius 2 is 2.15 bits per heavy atom. The number of hydrogen-bond acceptors (Lipinski definition) is 2.